The van der Waals surface area contributed by atoms with Gasteiger partial charge in [-0.1, -0.05) is 13.8 Å². The Morgan fingerprint density at radius 2 is 1.97 bits per heavy atom. The second-order valence-corrected chi connectivity index (χ2v) is 10.8. The molecule has 0 radical (unpaired) electrons. The van der Waals surface area contributed by atoms with Gasteiger partial charge >= 0.3 is 0 Å². The molecule has 8 nitrogen and oxygen atoms in total. The first-order valence-corrected chi connectivity index (χ1v) is 12.4. The first-order chi connectivity index (χ1) is 15.6. The summed E-state index contributed by atoms with van der Waals surface area (Å²) in [6.07, 6.45) is 11.0. The van der Waals surface area contributed by atoms with E-state index in [0.29, 0.717) is 42.2 Å². The maximum atomic E-state index is 13.3. The van der Waals surface area contributed by atoms with Crippen LogP contribution in [0.4, 0.5) is 0 Å². The van der Waals surface area contributed by atoms with Gasteiger partial charge in [0.05, 0.1) is 23.9 Å². The van der Waals surface area contributed by atoms with Crippen LogP contribution in [0.2, 0.25) is 0 Å². The molecule has 8 heteroatoms. The summed E-state index contributed by atoms with van der Waals surface area (Å²) in [4.78, 5) is 25.1. The summed E-state index contributed by atoms with van der Waals surface area (Å²) in [5.41, 5.74) is -0.677. The summed E-state index contributed by atoms with van der Waals surface area (Å²) in [5, 5.41) is 21.4. The molecule has 4 saturated carbocycles. The fraction of sp³-hybridized carbons (Fsp3) is 0.720. The van der Waals surface area contributed by atoms with Crippen molar-refractivity contribution in [2.45, 2.75) is 89.8 Å². The van der Waals surface area contributed by atoms with Gasteiger partial charge in [0.15, 0.2) is 0 Å². The van der Waals surface area contributed by atoms with Crippen molar-refractivity contribution in [1.29, 1.82) is 0 Å². The summed E-state index contributed by atoms with van der Waals surface area (Å²) in [5.74, 6) is 1.46. The Hall–Kier alpha value is -2.35. The number of rotatable bonds is 9. The van der Waals surface area contributed by atoms with Gasteiger partial charge in [0.1, 0.15) is 5.56 Å². The van der Waals surface area contributed by atoms with Crippen molar-refractivity contribution in [2.75, 3.05) is 6.61 Å². The van der Waals surface area contributed by atoms with Crippen molar-refractivity contribution in [2.24, 2.45) is 17.8 Å². The average Bonchev–Trinajstić information content (AvgIpc) is 3.14. The van der Waals surface area contributed by atoms with Gasteiger partial charge in [0.25, 0.3) is 5.91 Å². The number of aromatic nitrogens is 2. The van der Waals surface area contributed by atoms with Crippen LogP contribution in [0.25, 0.3) is 6.20 Å². The molecule has 4 aliphatic carbocycles. The lowest BCUT2D eigenvalue weighted by Crippen LogP contribution is -2.61. The molecule has 1 aromatic heterocycles. The SMILES string of the molecule is CCCOc1c(C(=O)NC2C3CC4CC2CC(O)(C4)C3)cnn1/C=C/C(C)(C)NC(=O)CC. The molecular formula is C25H38N4O4. The Balaban J connectivity index is 1.50. The predicted molar refractivity (Wildman–Crippen MR) is 126 cm³/mol. The molecule has 2 atom stereocenters. The lowest BCUT2D eigenvalue weighted by molar-refractivity contribution is -0.137. The third kappa shape index (κ3) is 5.10. The third-order valence-electron chi connectivity index (χ3n) is 7.39. The zero-order chi connectivity index (χ0) is 23.8. The molecule has 4 bridgehead atoms. The number of nitrogens with zero attached hydrogens (tertiary/aromatic N) is 2. The number of aliphatic hydroxyl groups is 1. The van der Waals surface area contributed by atoms with E-state index in [1.807, 2.05) is 33.8 Å². The number of hydrogen-bond acceptors (Lipinski definition) is 5. The minimum Gasteiger partial charge on any atom is -0.477 e. The van der Waals surface area contributed by atoms with Crippen LogP contribution in [0.3, 0.4) is 0 Å². The van der Waals surface area contributed by atoms with Crippen LogP contribution in [0, 0.1) is 17.8 Å². The second kappa shape index (κ2) is 9.12. The third-order valence-corrected chi connectivity index (χ3v) is 7.39. The molecule has 33 heavy (non-hydrogen) atoms. The molecule has 2 amide bonds. The Kier molecular flexibility index (Phi) is 6.58. The van der Waals surface area contributed by atoms with E-state index in [1.54, 1.807) is 17.1 Å². The van der Waals surface area contributed by atoms with Gasteiger partial charge in [-0.25, -0.2) is 4.68 Å². The van der Waals surface area contributed by atoms with Crippen molar-refractivity contribution in [3.8, 4) is 5.88 Å². The van der Waals surface area contributed by atoms with E-state index in [2.05, 4.69) is 15.7 Å². The van der Waals surface area contributed by atoms with Crippen molar-refractivity contribution < 1.29 is 19.4 Å². The number of amides is 2. The summed E-state index contributed by atoms with van der Waals surface area (Å²) >= 11 is 0. The van der Waals surface area contributed by atoms with Gasteiger partial charge in [0.2, 0.25) is 11.8 Å². The molecule has 2 unspecified atom stereocenters. The molecule has 1 heterocycles. The van der Waals surface area contributed by atoms with Crippen LogP contribution < -0.4 is 15.4 Å². The molecule has 0 aliphatic heterocycles. The average molecular weight is 459 g/mol. The lowest BCUT2D eigenvalue weighted by atomic mass is 9.52. The molecule has 3 N–H and O–H groups in total. The molecule has 5 rings (SSSR count). The molecular weight excluding hydrogens is 420 g/mol. The van der Waals surface area contributed by atoms with Gasteiger partial charge in [-0.3, -0.25) is 9.59 Å². The van der Waals surface area contributed by atoms with E-state index in [1.165, 1.54) is 0 Å². The van der Waals surface area contributed by atoms with Crippen LogP contribution in [0.5, 0.6) is 5.88 Å². The first-order valence-electron chi connectivity index (χ1n) is 12.4. The summed E-state index contributed by atoms with van der Waals surface area (Å²) in [6, 6.07) is 0.0930. The Morgan fingerprint density at radius 1 is 1.27 bits per heavy atom. The van der Waals surface area contributed by atoms with E-state index < -0.39 is 11.1 Å². The smallest absolute Gasteiger partial charge is 0.258 e. The van der Waals surface area contributed by atoms with Gasteiger partial charge in [-0.15, -0.1) is 0 Å². The van der Waals surface area contributed by atoms with E-state index in [4.69, 9.17) is 4.74 Å². The summed E-state index contributed by atoms with van der Waals surface area (Å²) in [7, 11) is 0. The first kappa shape index (κ1) is 23.8. The van der Waals surface area contributed by atoms with Crippen LogP contribution in [-0.2, 0) is 4.79 Å². The maximum Gasteiger partial charge on any atom is 0.258 e. The van der Waals surface area contributed by atoms with Crippen LogP contribution in [-0.4, -0.2) is 50.5 Å². The topological polar surface area (TPSA) is 105 Å². The lowest BCUT2D eigenvalue weighted by Gasteiger charge is -2.58. The van der Waals surface area contributed by atoms with Gasteiger partial charge in [-0.05, 0) is 76.2 Å². The van der Waals surface area contributed by atoms with Crippen LogP contribution in [0.1, 0.15) is 83.0 Å². The summed E-state index contributed by atoms with van der Waals surface area (Å²) in [6.45, 7) is 8.11. The quantitative estimate of drug-likeness (QED) is 0.527. The monoisotopic (exact) mass is 458 g/mol. The van der Waals surface area contributed by atoms with Gasteiger partial charge < -0.3 is 20.5 Å². The molecule has 0 saturated heterocycles. The minimum absolute atomic E-state index is 0.0343. The molecule has 0 spiro atoms. The van der Waals surface area contributed by atoms with E-state index in [0.717, 1.165) is 38.5 Å². The summed E-state index contributed by atoms with van der Waals surface area (Å²) < 4.78 is 7.49. The van der Waals surface area contributed by atoms with E-state index in [9.17, 15) is 14.7 Å². The van der Waals surface area contributed by atoms with Crippen molar-refractivity contribution in [3.05, 3.63) is 17.8 Å². The predicted octanol–water partition coefficient (Wildman–Crippen LogP) is 3.12. The van der Waals surface area contributed by atoms with Crippen LogP contribution >= 0.6 is 0 Å². The fourth-order valence-electron chi connectivity index (χ4n) is 6.15. The molecule has 1 aromatic rings. The zero-order valence-electron chi connectivity index (χ0n) is 20.3. The van der Waals surface area contributed by atoms with Gasteiger partial charge in [0, 0.05) is 18.7 Å². The highest BCUT2D eigenvalue weighted by atomic mass is 16.5. The van der Waals surface area contributed by atoms with E-state index in [-0.39, 0.29) is 17.9 Å². The molecule has 4 aliphatic rings. The number of ether oxygens (including phenoxy) is 1. The van der Waals surface area contributed by atoms with Crippen LogP contribution in [0.15, 0.2) is 12.3 Å². The van der Waals surface area contributed by atoms with Gasteiger partial charge in [-0.2, -0.15) is 5.10 Å². The highest BCUT2D eigenvalue weighted by Gasteiger charge is 2.55. The van der Waals surface area contributed by atoms with E-state index >= 15 is 0 Å². The standard InChI is InChI=1S/C25H38N4O4/c1-5-9-33-23-19(15-26-29(23)8-7-24(3,4)28-20(30)6-2)22(31)27-21-17-10-16-11-18(21)14-25(32,12-16)13-17/h7-8,15-18,21,32H,5-6,9-14H2,1-4H3,(H,27,31)(H,28,30)/b8-7+. The molecule has 0 aromatic carbocycles. The van der Waals surface area contributed by atoms with Crippen molar-refractivity contribution in [1.82, 2.24) is 20.4 Å². The fourth-order valence-corrected chi connectivity index (χ4v) is 6.15. The number of nitrogens with one attached hydrogen (secondary N) is 2. The highest BCUT2D eigenvalue weighted by molar-refractivity contribution is 5.96. The minimum atomic E-state index is -0.565. The number of hydrogen-bond donors (Lipinski definition) is 3. The Labute approximate surface area is 196 Å². The maximum absolute atomic E-state index is 13.3. The molecule has 4 fully saturated rings. The second-order valence-electron chi connectivity index (χ2n) is 10.8. The number of carbonyl (C=O) groups excluding carboxylic acids is 2. The normalized spacial score (nSPS) is 30.6. The number of carbonyl (C=O) groups is 2. The largest absolute Gasteiger partial charge is 0.477 e. The van der Waals surface area contributed by atoms with Crippen molar-refractivity contribution >= 4 is 18.0 Å². The molecule has 182 valence electrons. The van der Waals surface area contributed by atoms with Crippen molar-refractivity contribution in [3.63, 3.8) is 0 Å². The Morgan fingerprint density at radius 3 is 2.58 bits per heavy atom. The Bertz CT molecular complexity index is 906. The zero-order valence-corrected chi connectivity index (χ0v) is 20.3. The highest BCUT2D eigenvalue weighted by Crippen LogP contribution is 2.55.